The first-order valence-electron chi connectivity index (χ1n) is 10.2. The Bertz CT molecular complexity index is 1010. The van der Waals surface area contributed by atoms with Crippen LogP contribution in [0.3, 0.4) is 0 Å². The minimum Gasteiger partial charge on any atom is -0.496 e. The molecule has 2 N–H and O–H groups in total. The highest BCUT2D eigenvalue weighted by Crippen LogP contribution is 2.29. The summed E-state index contributed by atoms with van der Waals surface area (Å²) in [4.78, 5) is 42.9. The van der Waals surface area contributed by atoms with Crippen molar-refractivity contribution in [1.29, 1.82) is 0 Å². The molecule has 10 heteroatoms. The molecule has 172 valence electrons. The number of Topliss-reactive ketones (excluding diaryl/α,β-unsaturated/α-hetero) is 1. The third kappa shape index (κ3) is 6.50. The van der Waals surface area contributed by atoms with E-state index in [1.165, 1.54) is 7.11 Å². The number of hydrogen-bond donors (Lipinski definition) is 2. The monoisotopic (exact) mass is 444 g/mol. The van der Waals surface area contributed by atoms with Gasteiger partial charge in [-0.1, -0.05) is 6.07 Å². The predicted octanol–water partition coefficient (Wildman–Crippen LogP) is 1.82. The van der Waals surface area contributed by atoms with Gasteiger partial charge in [0.15, 0.2) is 0 Å². The van der Waals surface area contributed by atoms with E-state index in [4.69, 9.17) is 19.7 Å². The number of benzene rings is 1. The zero-order valence-electron chi connectivity index (χ0n) is 18.6. The van der Waals surface area contributed by atoms with Crippen molar-refractivity contribution in [2.24, 2.45) is 0 Å². The molecule has 0 saturated carbocycles. The Labute approximate surface area is 185 Å². The van der Waals surface area contributed by atoms with Gasteiger partial charge in [0.2, 0.25) is 11.7 Å². The maximum atomic E-state index is 12.9. The fourth-order valence-corrected chi connectivity index (χ4v) is 3.28. The van der Waals surface area contributed by atoms with E-state index in [2.05, 4.69) is 15.1 Å². The molecule has 1 amide bonds. The first-order valence-corrected chi connectivity index (χ1v) is 10.2. The maximum absolute atomic E-state index is 12.9. The Morgan fingerprint density at radius 1 is 1.25 bits per heavy atom. The van der Waals surface area contributed by atoms with Gasteiger partial charge in [-0.15, -0.1) is 0 Å². The van der Waals surface area contributed by atoms with Gasteiger partial charge in [0.25, 0.3) is 0 Å². The molecule has 0 unspecified atom stereocenters. The number of nitrogens with one attached hydrogen (secondary N) is 2. The summed E-state index contributed by atoms with van der Waals surface area (Å²) in [5.74, 6) is -1.01. The molecule has 0 fully saturated rings. The number of fused-ring (bicyclic) bond motifs is 1. The van der Waals surface area contributed by atoms with Crippen LogP contribution in [-0.2, 0) is 30.3 Å². The summed E-state index contributed by atoms with van der Waals surface area (Å²) in [5.41, 5.74) is 10.1. The van der Waals surface area contributed by atoms with Gasteiger partial charge in [-0.2, -0.15) is 4.79 Å². The number of H-pyrrole nitrogens is 1. The molecular weight excluding hydrogens is 416 g/mol. The van der Waals surface area contributed by atoms with Crippen LogP contribution < -0.4 is 10.1 Å². The van der Waals surface area contributed by atoms with Gasteiger partial charge < -0.3 is 30.0 Å². The molecule has 1 aromatic heterocycles. The van der Waals surface area contributed by atoms with Crippen molar-refractivity contribution >= 4 is 34.8 Å². The van der Waals surface area contributed by atoms with Gasteiger partial charge in [0.1, 0.15) is 17.9 Å². The minimum atomic E-state index is -1.06. The van der Waals surface area contributed by atoms with Crippen molar-refractivity contribution in [3.63, 3.8) is 0 Å². The highest BCUT2D eigenvalue weighted by atomic mass is 16.5. The number of rotatable bonds is 12. The normalized spacial score (nSPS) is 12.7. The SMILES string of the molecule is COc1cccc2[nH]cc(C[C@H](OC)C(=O)N[C@@H](CCC(=O)C=[N+]=[N-])C(=O)OC(C)C)c12. The van der Waals surface area contributed by atoms with E-state index in [1.807, 2.05) is 18.2 Å². The number of carbonyl (C=O) groups excluding carboxylic acids is 3. The van der Waals surface area contributed by atoms with Crippen molar-refractivity contribution < 1.29 is 33.4 Å². The number of ether oxygens (including phenoxy) is 3. The lowest BCUT2D eigenvalue weighted by Gasteiger charge is -2.22. The first kappa shape index (κ1) is 24.8. The Balaban J connectivity index is 2.17. The number of aromatic amines is 1. The number of esters is 1. The average Bonchev–Trinajstić information content (AvgIpc) is 3.17. The molecular formula is C22H28N4O6. The Kier molecular flexibility index (Phi) is 9.12. The number of carbonyl (C=O) groups is 3. The summed E-state index contributed by atoms with van der Waals surface area (Å²) in [6.07, 6.45) is 1.33. The van der Waals surface area contributed by atoms with Crippen LogP contribution >= 0.6 is 0 Å². The van der Waals surface area contributed by atoms with Gasteiger partial charge in [-0.05, 0) is 38.0 Å². The summed E-state index contributed by atoms with van der Waals surface area (Å²) >= 11 is 0. The van der Waals surface area contributed by atoms with Crippen LogP contribution in [0.15, 0.2) is 24.4 Å². The summed E-state index contributed by atoms with van der Waals surface area (Å²) < 4.78 is 16.0. The van der Waals surface area contributed by atoms with E-state index in [1.54, 1.807) is 27.2 Å². The summed E-state index contributed by atoms with van der Waals surface area (Å²) in [7, 11) is 2.97. The third-order valence-electron chi connectivity index (χ3n) is 4.79. The number of amides is 1. The van der Waals surface area contributed by atoms with Crippen molar-refractivity contribution in [3.05, 3.63) is 35.5 Å². The molecule has 0 bridgehead atoms. The largest absolute Gasteiger partial charge is 0.496 e. The number of methoxy groups -OCH3 is 2. The van der Waals surface area contributed by atoms with Crippen LogP contribution in [0.25, 0.3) is 16.4 Å². The Morgan fingerprint density at radius 2 is 2.00 bits per heavy atom. The lowest BCUT2D eigenvalue weighted by atomic mass is 10.0. The molecule has 10 nitrogen and oxygen atoms in total. The predicted molar refractivity (Wildman–Crippen MR) is 116 cm³/mol. The van der Waals surface area contributed by atoms with Crippen LogP contribution in [0, 0.1) is 0 Å². The van der Waals surface area contributed by atoms with Crippen LogP contribution in [0.2, 0.25) is 0 Å². The zero-order valence-corrected chi connectivity index (χ0v) is 18.6. The van der Waals surface area contributed by atoms with E-state index >= 15 is 0 Å². The second-order valence-electron chi connectivity index (χ2n) is 7.42. The third-order valence-corrected chi connectivity index (χ3v) is 4.79. The fraction of sp³-hybridized carbons (Fsp3) is 0.455. The standard InChI is InChI=1S/C22H28N4O6/c1-13(2)32-22(29)17(9-8-15(27)12-25-23)26-21(28)19(31-4)10-14-11-24-16-6-5-7-18(30-3)20(14)16/h5-7,11-13,17,19,24H,8-10H2,1-4H3,(H,26,28)/t17-,19-/m0/s1. The maximum Gasteiger partial charge on any atom is 0.328 e. The van der Waals surface area contributed by atoms with E-state index in [0.29, 0.717) is 5.75 Å². The van der Waals surface area contributed by atoms with Crippen molar-refractivity contribution in [3.8, 4) is 5.75 Å². The van der Waals surface area contributed by atoms with Gasteiger partial charge in [-0.25, -0.2) is 4.79 Å². The van der Waals surface area contributed by atoms with Gasteiger partial charge in [0.05, 0.1) is 13.2 Å². The van der Waals surface area contributed by atoms with E-state index in [0.717, 1.165) is 22.7 Å². The van der Waals surface area contributed by atoms with Crippen molar-refractivity contribution in [2.45, 2.75) is 51.4 Å². The molecule has 2 rings (SSSR count). The zero-order chi connectivity index (χ0) is 23.7. The molecule has 0 spiro atoms. The lowest BCUT2D eigenvalue weighted by molar-refractivity contribution is -0.152. The number of hydrogen-bond acceptors (Lipinski definition) is 6. The Morgan fingerprint density at radius 3 is 2.62 bits per heavy atom. The molecule has 0 saturated heterocycles. The van der Waals surface area contributed by atoms with Crippen molar-refractivity contribution in [1.82, 2.24) is 10.3 Å². The topological polar surface area (TPSA) is 143 Å². The fourth-order valence-electron chi connectivity index (χ4n) is 3.28. The second-order valence-corrected chi connectivity index (χ2v) is 7.42. The summed E-state index contributed by atoms with van der Waals surface area (Å²) in [6.45, 7) is 3.37. The highest BCUT2D eigenvalue weighted by Gasteiger charge is 2.29. The summed E-state index contributed by atoms with van der Waals surface area (Å²) in [5, 5.41) is 3.46. The lowest BCUT2D eigenvalue weighted by Crippen LogP contribution is -2.48. The smallest absolute Gasteiger partial charge is 0.328 e. The molecule has 2 atom stereocenters. The molecule has 2 aromatic rings. The summed E-state index contributed by atoms with van der Waals surface area (Å²) in [6, 6.07) is 4.52. The van der Waals surface area contributed by atoms with Crippen LogP contribution in [0.1, 0.15) is 32.3 Å². The second kappa shape index (κ2) is 11.8. The molecule has 0 radical (unpaired) electrons. The molecule has 1 aromatic carbocycles. The molecule has 32 heavy (non-hydrogen) atoms. The van der Waals surface area contributed by atoms with E-state index in [9.17, 15) is 14.4 Å². The van der Waals surface area contributed by atoms with E-state index in [-0.39, 0.29) is 19.3 Å². The van der Waals surface area contributed by atoms with Gasteiger partial charge >= 0.3 is 12.2 Å². The van der Waals surface area contributed by atoms with Gasteiger partial charge in [-0.3, -0.25) is 9.59 Å². The quantitative estimate of drug-likeness (QED) is 0.221. The number of aromatic nitrogens is 1. The Hall–Kier alpha value is -3.49. The first-order chi connectivity index (χ1) is 15.3. The number of nitrogens with zero attached hydrogens (tertiary/aromatic N) is 2. The molecule has 1 heterocycles. The van der Waals surface area contributed by atoms with Crippen LogP contribution in [-0.4, -0.2) is 66.1 Å². The highest BCUT2D eigenvalue weighted by molar-refractivity contribution is 6.25. The minimum absolute atomic E-state index is 0.0144. The molecule has 0 aliphatic heterocycles. The van der Waals surface area contributed by atoms with E-state index < -0.39 is 35.9 Å². The number of ketones is 1. The van der Waals surface area contributed by atoms with Crippen molar-refractivity contribution in [2.75, 3.05) is 14.2 Å². The molecule has 0 aliphatic rings. The van der Waals surface area contributed by atoms with Crippen LogP contribution in [0.4, 0.5) is 0 Å². The van der Waals surface area contributed by atoms with Crippen LogP contribution in [0.5, 0.6) is 5.75 Å². The average molecular weight is 444 g/mol. The molecule has 0 aliphatic carbocycles. The van der Waals surface area contributed by atoms with Gasteiger partial charge in [0, 0.05) is 37.1 Å².